The first kappa shape index (κ1) is 10.2. The molecule has 2 unspecified atom stereocenters. The van der Waals surface area contributed by atoms with Gasteiger partial charge in [-0.15, -0.1) is 0 Å². The molecule has 0 spiro atoms. The molecule has 1 aromatic carbocycles. The molecule has 0 bridgehead atoms. The second kappa shape index (κ2) is 3.88. The van der Waals surface area contributed by atoms with Crippen LogP contribution in [-0.4, -0.2) is 3.60 Å². The lowest BCUT2D eigenvalue weighted by atomic mass is 10.2. The molecule has 4 heteroatoms. The van der Waals surface area contributed by atoms with Crippen molar-refractivity contribution >= 4 is 31.8 Å². The van der Waals surface area contributed by atoms with E-state index in [2.05, 4.69) is 0 Å². The van der Waals surface area contributed by atoms with E-state index >= 15 is 0 Å². The van der Waals surface area contributed by atoms with E-state index in [1.54, 1.807) is 34.7 Å². The number of ether oxygens (including phenoxy) is 1. The fourth-order valence-electron chi connectivity index (χ4n) is 0.763. The molecule has 0 aliphatic rings. The van der Waals surface area contributed by atoms with Gasteiger partial charge in [0.05, 0.1) is 0 Å². The molecule has 1 rings (SSSR count). The Kier molecular flexibility index (Phi) is 3.29. The molecule has 1 nitrogen and oxygen atoms in total. The molecule has 1 aromatic rings. The standard InChI is InChI=1S/C8H9FIOP/c1-6-2-4-7(5-3-6)11-8(9,10)12/h2-5H,12H2,1H3. The van der Waals surface area contributed by atoms with Crippen molar-refractivity contribution in [3.8, 4) is 5.75 Å². The quantitative estimate of drug-likeness (QED) is 0.462. The molecule has 0 heterocycles. The Hall–Kier alpha value is 0.110. The summed E-state index contributed by atoms with van der Waals surface area (Å²) < 4.78 is 16.1. The van der Waals surface area contributed by atoms with Gasteiger partial charge < -0.3 is 4.74 Å². The van der Waals surface area contributed by atoms with Crippen LogP contribution in [0.1, 0.15) is 5.56 Å². The van der Waals surface area contributed by atoms with E-state index < -0.39 is 3.60 Å². The Bertz CT molecular complexity index is 255. The van der Waals surface area contributed by atoms with E-state index in [0.717, 1.165) is 5.56 Å². The number of hydrogen-bond acceptors (Lipinski definition) is 1. The minimum atomic E-state index is -1.72. The third-order valence-electron chi connectivity index (χ3n) is 1.27. The highest BCUT2D eigenvalue weighted by atomic mass is 127. The van der Waals surface area contributed by atoms with Crippen LogP contribution in [0.4, 0.5) is 4.39 Å². The zero-order chi connectivity index (χ0) is 9.19. The summed E-state index contributed by atoms with van der Waals surface area (Å²) in [5.41, 5.74) is 1.13. The van der Waals surface area contributed by atoms with Crippen LogP contribution >= 0.6 is 31.8 Å². The second-order valence-electron chi connectivity index (χ2n) is 2.48. The Balaban J connectivity index is 2.71. The minimum Gasteiger partial charge on any atom is -0.447 e. The third-order valence-corrected chi connectivity index (χ3v) is 1.61. The number of aryl methyl sites for hydroxylation is 1. The lowest BCUT2D eigenvalue weighted by molar-refractivity contribution is 0.136. The molecule has 0 radical (unpaired) electrons. The summed E-state index contributed by atoms with van der Waals surface area (Å²) in [6, 6.07) is 7.24. The van der Waals surface area contributed by atoms with E-state index in [0.29, 0.717) is 5.75 Å². The van der Waals surface area contributed by atoms with E-state index in [-0.39, 0.29) is 0 Å². The topological polar surface area (TPSA) is 9.23 Å². The summed E-state index contributed by atoms with van der Waals surface area (Å²) in [5.74, 6) is 0.535. The van der Waals surface area contributed by atoms with Crippen LogP contribution in [0.15, 0.2) is 24.3 Å². The van der Waals surface area contributed by atoms with Crippen molar-refractivity contribution in [1.29, 1.82) is 0 Å². The highest BCUT2D eigenvalue weighted by Gasteiger charge is 2.19. The average Bonchev–Trinajstić information content (AvgIpc) is 1.91. The van der Waals surface area contributed by atoms with E-state index in [9.17, 15) is 4.39 Å². The molecule has 0 aliphatic carbocycles. The van der Waals surface area contributed by atoms with Crippen molar-refractivity contribution in [1.82, 2.24) is 0 Å². The SMILES string of the molecule is Cc1ccc(OC(F)(P)I)cc1. The summed E-state index contributed by atoms with van der Waals surface area (Å²) in [5, 5.41) is 0. The van der Waals surface area contributed by atoms with Gasteiger partial charge in [0.1, 0.15) is 5.75 Å². The van der Waals surface area contributed by atoms with E-state index in [1.165, 1.54) is 0 Å². The zero-order valence-corrected chi connectivity index (χ0v) is 9.86. The molecule has 12 heavy (non-hydrogen) atoms. The zero-order valence-electron chi connectivity index (χ0n) is 6.55. The molecule has 0 amide bonds. The van der Waals surface area contributed by atoms with Crippen LogP contribution in [-0.2, 0) is 0 Å². The molecule has 0 saturated heterocycles. The Morgan fingerprint density at radius 3 is 2.33 bits per heavy atom. The van der Waals surface area contributed by atoms with Crippen molar-refractivity contribution < 1.29 is 9.13 Å². The van der Waals surface area contributed by atoms with E-state index in [1.807, 2.05) is 28.3 Å². The Morgan fingerprint density at radius 2 is 1.92 bits per heavy atom. The van der Waals surface area contributed by atoms with Crippen LogP contribution in [0.25, 0.3) is 0 Å². The Morgan fingerprint density at radius 1 is 1.42 bits per heavy atom. The van der Waals surface area contributed by atoms with E-state index in [4.69, 9.17) is 4.74 Å². The van der Waals surface area contributed by atoms with Crippen molar-refractivity contribution in [3.05, 3.63) is 29.8 Å². The van der Waals surface area contributed by atoms with Crippen LogP contribution in [0.3, 0.4) is 0 Å². The second-order valence-corrected chi connectivity index (χ2v) is 5.87. The Labute approximate surface area is 87.0 Å². The fraction of sp³-hybridized carbons (Fsp3) is 0.250. The number of benzene rings is 1. The molecule has 0 aliphatic heterocycles. The van der Waals surface area contributed by atoms with Crippen molar-refractivity contribution in [2.45, 2.75) is 10.5 Å². The first-order chi connectivity index (χ1) is 5.47. The maximum absolute atomic E-state index is 12.9. The lowest BCUT2D eigenvalue weighted by Crippen LogP contribution is -2.11. The smallest absolute Gasteiger partial charge is 0.309 e. The first-order valence-electron chi connectivity index (χ1n) is 3.40. The number of rotatable bonds is 2. The van der Waals surface area contributed by atoms with Crippen molar-refractivity contribution in [2.75, 3.05) is 0 Å². The third kappa shape index (κ3) is 3.68. The van der Waals surface area contributed by atoms with Crippen molar-refractivity contribution in [2.24, 2.45) is 0 Å². The van der Waals surface area contributed by atoms with Gasteiger partial charge >= 0.3 is 3.60 Å². The predicted molar refractivity (Wildman–Crippen MR) is 59.4 cm³/mol. The molecule has 0 fully saturated rings. The highest BCUT2D eigenvalue weighted by Crippen LogP contribution is 2.31. The molecule has 0 N–H and O–H groups in total. The monoisotopic (exact) mass is 298 g/mol. The van der Waals surface area contributed by atoms with Gasteiger partial charge in [0.15, 0.2) is 0 Å². The number of hydrogen-bond donors (Lipinski definition) is 0. The molecule has 2 atom stereocenters. The van der Waals surface area contributed by atoms with Gasteiger partial charge in [-0.3, -0.25) is 0 Å². The molecule has 66 valence electrons. The van der Waals surface area contributed by atoms with Gasteiger partial charge in [0.2, 0.25) is 0 Å². The van der Waals surface area contributed by atoms with Crippen LogP contribution in [0.2, 0.25) is 0 Å². The van der Waals surface area contributed by atoms with Gasteiger partial charge in [0.25, 0.3) is 0 Å². The van der Waals surface area contributed by atoms with Gasteiger partial charge in [0, 0.05) is 22.6 Å². The number of alkyl halides is 2. The normalized spacial score (nSPS) is 15.3. The lowest BCUT2D eigenvalue weighted by Gasteiger charge is -2.14. The maximum atomic E-state index is 12.9. The van der Waals surface area contributed by atoms with Gasteiger partial charge in [-0.1, -0.05) is 17.7 Å². The summed E-state index contributed by atoms with van der Waals surface area (Å²) in [6.45, 7) is 1.97. The van der Waals surface area contributed by atoms with Crippen molar-refractivity contribution in [3.63, 3.8) is 0 Å². The van der Waals surface area contributed by atoms with Crippen LogP contribution in [0.5, 0.6) is 5.75 Å². The number of halogens is 2. The molecular weight excluding hydrogens is 289 g/mol. The largest absolute Gasteiger partial charge is 0.447 e. The highest BCUT2D eigenvalue weighted by molar-refractivity contribution is 14.1. The molecule has 0 aromatic heterocycles. The predicted octanol–water partition coefficient (Wildman–Crippen LogP) is 3.26. The van der Waals surface area contributed by atoms with Gasteiger partial charge in [-0.05, 0) is 28.3 Å². The van der Waals surface area contributed by atoms with Gasteiger partial charge in [-0.2, -0.15) is 4.39 Å². The summed E-state index contributed by atoms with van der Waals surface area (Å²) in [7, 11) is 1.97. The minimum absolute atomic E-state index is 0.535. The molecular formula is C8H9FIOP. The van der Waals surface area contributed by atoms with Gasteiger partial charge in [-0.25, -0.2) is 0 Å². The summed E-state index contributed by atoms with van der Waals surface area (Å²) >= 11 is 1.56. The summed E-state index contributed by atoms with van der Waals surface area (Å²) in [4.78, 5) is 0. The molecule has 0 saturated carbocycles. The maximum Gasteiger partial charge on any atom is 0.309 e. The fourth-order valence-corrected chi connectivity index (χ4v) is 1.15. The first-order valence-corrected chi connectivity index (χ1v) is 5.05. The average molecular weight is 298 g/mol. The van der Waals surface area contributed by atoms with Crippen LogP contribution in [0, 0.1) is 6.92 Å². The summed E-state index contributed by atoms with van der Waals surface area (Å²) in [6.07, 6.45) is 0. The van der Waals surface area contributed by atoms with Crippen LogP contribution < -0.4 is 4.74 Å².